The number of aromatic hydroxyl groups is 1. The fourth-order valence-electron chi connectivity index (χ4n) is 2.38. The van der Waals surface area contributed by atoms with Crippen LogP contribution in [0.1, 0.15) is 10.4 Å². The van der Waals surface area contributed by atoms with E-state index in [1.165, 1.54) is 36.5 Å². The second kappa shape index (κ2) is 8.48. The standard InChI is InChI=1S/C19H12Cl3N3O3/c20-11-8-14(22)17(23-9-11)10-5-6-15(16(26)7-10)24-19(28)25-18(27)12-3-1-2-4-13(12)21/h1-9,26H,(H2,24,25,27,28). The Bertz CT molecular complexity index is 1070. The molecule has 0 aliphatic rings. The largest absolute Gasteiger partial charge is 0.506 e. The third-order valence-corrected chi connectivity index (χ3v) is 4.50. The molecular weight excluding hydrogens is 425 g/mol. The van der Waals surface area contributed by atoms with E-state index in [1.54, 1.807) is 18.2 Å². The molecule has 142 valence electrons. The van der Waals surface area contributed by atoms with Gasteiger partial charge in [-0.05, 0) is 30.3 Å². The van der Waals surface area contributed by atoms with Gasteiger partial charge in [-0.1, -0.05) is 53.0 Å². The molecule has 0 bridgehead atoms. The zero-order chi connectivity index (χ0) is 20.3. The van der Waals surface area contributed by atoms with Gasteiger partial charge in [0.2, 0.25) is 0 Å². The van der Waals surface area contributed by atoms with Crippen LogP contribution in [0, 0.1) is 0 Å². The summed E-state index contributed by atoms with van der Waals surface area (Å²) in [6.07, 6.45) is 1.43. The zero-order valence-electron chi connectivity index (χ0n) is 14.0. The molecule has 0 aliphatic heterocycles. The van der Waals surface area contributed by atoms with Gasteiger partial charge in [0.05, 0.1) is 32.0 Å². The molecule has 28 heavy (non-hydrogen) atoms. The molecule has 0 saturated heterocycles. The van der Waals surface area contributed by atoms with Gasteiger partial charge in [0.1, 0.15) is 5.75 Å². The number of pyridine rings is 1. The fourth-order valence-corrected chi connectivity index (χ4v) is 3.09. The van der Waals surface area contributed by atoms with Crippen molar-refractivity contribution >= 4 is 52.4 Å². The molecule has 9 heteroatoms. The predicted octanol–water partition coefficient (Wildman–Crippen LogP) is 5.38. The van der Waals surface area contributed by atoms with Crippen molar-refractivity contribution in [1.29, 1.82) is 0 Å². The highest BCUT2D eigenvalue weighted by Gasteiger charge is 2.15. The van der Waals surface area contributed by atoms with Crippen LogP contribution in [0.4, 0.5) is 10.5 Å². The number of rotatable bonds is 3. The maximum atomic E-state index is 12.1. The highest BCUT2D eigenvalue weighted by molar-refractivity contribution is 6.36. The lowest BCUT2D eigenvalue weighted by atomic mass is 10.1. The molecule has 0 spiro atoms. The number of amides is 3. The molecule has 3 N–H and O–H groups in total. The van der Waals surface area contributed by atoms with Gasteiger partial charge in [-0.2, -0.15) is 0 Å². The summed E-state index contributed by atoms with van der Waals surface area (Å²) in [5.41, 5.74) is 1.20. The lowest BCUT2D eigenvalue weighted by Crippen LogP contribution is -2.34. The van der Waals surface area contributed by atoms with Gasteiger partial charge < -0.3 is 10.4 Å². The van der Waals surface area contributed by atoms with Crippen LogP contribution in [0.15, 0.2) is 54.7 Å². The Morgan fingerprint density at radius 3 is 2.39 bits per heavy atom. The molecule has 1 heterocycles. The van der Waals surface area contributed by atoms with Crippen molar-refractivity contribution < 1.29 is 14.7 Å². The lowest BCUT2D eigenvalue weighted by molar-refractivity contribution is 0.0967. The van der Waals surface area contributed by atoms with Crippen molar-refractivity contribution in [3.8, 4) is 17.0 Å². The Morgan fingerprint density at radius 2 is 1.71 bits per heavy atom. The van der Waals surface area contributed by atoms with Gasteiger partial charge in [-0.3, -0.25) is 15.1 Å². The highest BCUT2D eigenvalue weighted by atomic mass is 35.5. The second-order valence-electron chi connectivity index (χ2n) is 5.60. The number of nitrogens with zero attached hydrogens (tertiary/aromatic N) is 1. The molecule has 0 fully saturated rings. The Morgan fingerprint density at radius 1 is 0.964 bits per heavy atom. The molecule has 1 aromatic heterocycles. The van der Waals surface area contributed by atoms with E-state index in [9.17, 15) is 14.7 Å². The number of urea groups is 1. The second-order valence-corrected chi connectivity index (χ2v) is 6.85. The first kappa shape index (κ1) is 19.9. The average molecular weight is 437 g/mol. The molecule has 0 unspecified atom stereocenters. The van der Waals surface area contributed by atoms with E-state index in [1.807, 2.05) is 0 Å². The number of anilines is 1. The number of carbonyl (C=O) groups is 2. The van der Waals surface area contributed by atoms with Crippen molar-refractivity contribution in [2.24, 2.45) is 0 Å². The number of hydrogen-bond donors (Lipinski definition) is 3. The molecular formula is C19H12Cl3N3O3. The number of halogens is 3. The molecule has 0 saturated carbocycles. The van der Waals surface area contributed by atoms with Gasteiger partial charge >= 0.3 is 6.03 Å². The van der Waals surface area contributed by atoms with Crippen molar-refractivity contribution in [3.05, 3.63) is 75.4 Å². The van der Waals surface area contributed by atoms with Gasteiger partial charge in [-0.25, -0.2) is 4.79 Å². The smallest absolute Gasteiger partial charge is 0.326 e. The molecule has 0 aliphatic carbocycles. The Kier molecular flexibility index (Phi) is 6.04. The van der Waals surface area contributed by atoms with E-state index in [-0.39, 0.29) is 22.0 Å². The first-order valence-corrected chi connectivity index (χ1v) is 9.00. The number of hydrogen-bond acceptors (Lipinski definition) is 4. The topological polar surface area (TPSA) is 91.3 Å². The minimum atomic E-state index is -0.823. The molecule has 6 nitrogen and oxygen atoms in total. The van der Waals surface area contributed by atoms with Crippen LogP contribution in [-0.4, -0.2) is 22.0 Å². The van der Waals surface area contributed by atoms with Crippen molar-refractivity contribution in [1.82, 2.24) is 10.3 Å². The fraction of sp³-hybridized carbons (Fsp3) is 0. The zero-order valence-corrected chi connectivity index (χ0v) is 16.3. The number of imide groups is 1. The molecule has 0 radical (unpaired) electrons. The number of benzene rings is 2. The van der Waals surface area contributed by atoms with E-state index < -0.39 is 11.9 Å². The molecule has 3 amide bonds. The van der Waals surface area contributed by atoms with Crippen LogP contribution in [0.2, 0.25) is 15.1 Å². The van der Waals surface area contributed by atoms with Crippen LogP contribution in [-0.2, 0) is 0 Å². The number of aromatic nitrogens is 1. The van der Waals surface area contributed by atoms with Crippen LogP contribution in [0.3, 0.4) is 0 Å². The summed E-state index contributed by atoms with van der Waals surface area (Å²) in [5, 5.41) is 15.6. The van der Waals surface area contributed by atoms with Gasteiger partial charge in [-0.15, -0.1) is 0 Å². The Hall–Kier alpha value is -2.80. The van der Waals surface area contributed by atoms with Crippen LogP contribution >= 0.6 is 34.8 Å². The molecule has 2 aromatic carbocycles. The van der Waals surface area contributed by atoms with Gasteiger partial charge in [0.15, 0.2) is 0 Å². The van der Waals surface area contributed by atoms with E-state index in [0.29, 0.717) is 21.3 Å². The van der Waals surface area contributed by atoms with Crippen molar-refractivity contribution in [2.75, 3.05) is 5.32 Å². The minimum Gasteiger partial charge on any atom is -0.506 e. The normalized spacial score (nSPS) is 10.4. The predicted molar refractivity (Wildman–Crippen MR) is 109 cm³/mol. The van der Waals surface area contributed by atoms with Crippen molar-refractivity contribution in [2.45, 2.75) is 0 Å². The Labute approximate surface area is 175 Å². The summed E-state index contributed by atoms with van der Waals surface area (Å²) >= 11 is 17.9. The summed E-state index contributed by atoms with van der Waals surface area (Å²) in [6, 6.07) is 11.5. The maximum absolute atomic E-state index is 12.1. The highest BCUT2D eigenvalue weighted by Crippen LogP contribution is 2.33. The quantitative estimate of drug-likeness (QED) is 0.481. The van der Waals surface area contributed by atoms with Crippen molar-refractivity contribution in [3.63, 3.8) is 0 Å². The third-order valence-electron chi connectivity index (χ3n) is 3.67. The van der Waals surface area contributed by atoms with Crippen LogP contribution in [0.25, 0.3) is 11.3 Å². The lowest BCUT2D eigenvalue weighted by Gasteiger charge is -2.11. The first-order chi connectivity index (χ1) is 13.3. The Balaban J connectivity index is 1.73. The SMILES string of the molecule is O=C(NC(=O)c1ccccc1Cl)Nc1ccc(-c2ncc(Cl)cc2Cl)cc1O. The number of nitrogens with one attached hydrogen (secondary N) is 2. The number of carbonyl (C=O) groups excluding carboxylic acids is 2. The van der Waals surface area contributed by atoms with E-state index in [2.05, 4.69) is 15.6 Å². The summed E-state index contributed by atoms with van der Waals surface area (Å²) < 4.78 is 0. The number of phenols is 1. The number of phenolic OH excluding ortho intramolecular Hbond substituents is 1. The third kappa shape index (κ3) is 4.54. The summed E-state index contributed by atoms with van der Waals surface area (Å²) in [4.78, 5) is 28.3. The van der Waals surface area contributed by atoms with E-state index in [0.717, 1.165) is 0 Å². The summed E-state index contributed by atoms with van der Waals surface area (Å²) in [7, 11) is 0. The molecule has 0 atom stereocenters. The summed E-state index contributed by atoms with van der Waals surface area (Å²) in [6.45, 7) is 0. The maximum Gasteiger partial charge on any atom is 0.326 e. The average Bonchev–Trinajstić information content (AvgIpc) is 2.63. The van der Waals surface area contributed by atoms with E-state index in [4.69, 9.17) is 34.8 Å². The van der Waals surface area contributed by atoms with E-state index >= 15 is 0 Å². The monoisotopic (exact) mass is 435 g/mol. The van der Waals surface area contributed by atoms with Gasteiger partial charge in [0, 0.05) is 11.8 Å². The molecule has 3 aromatic rings. The minimum absolute atomic E-state index is 0.0956. The molecule has 3 rings (SSSR count). The summed E-state index contributed by atoms with van der Waals surface area (Å²) in [5.74, 6) is -0.901. The first-order valence-electron chi connectivity index (χ1n) is 7.86. The van der Waals surface area contributed by atoms with Crippen LogP contribution < -0.4 is 10.6 Å². The van der Waals surface area contributed by atoms with Crippen LogP contribution in [0.5, 0.6) is 5.75 Å². The van der Waals surface area contributed by atoms with Gasteiger partial charge in [0.25, 0.3) is 5.91 Å².